The number of hydrogen-bond donors (Lipinski definition) is 1. The second-order valence-corrected chi connectivity index (χ2v) is 9.95. The number of piperidine rings is 1. The van der Waals surface area contributed by atoms with Crippen LogP contribution in [0.25, 0.3) is 21.9 Å². The fraction of sp³-hybridized carbons (Fsp3) is 0.519. The first kappa shape index (κ1) is 24.8. The van der Waals surface area contributed by atoms with E-state index in [1.165, 1.54) is 25.0 Å². The molecule has 3 aromatic rings. The van der Waals surface area contributed by atoms with Crippen molar-refractivity contribution in [1.82, 2.24) is 29.5 Å². The number of hydrogen-bond acceptors (Lipinski definition) is 6. The normalized spacial score (nSPS) is 18.1. The molecule has 0 radical (unpaired) electrons. The van der Waals surface area contributed by atoms with E-state index in [9.17, 15) is 9.18 Å². The molecule has 0 atom stereocenters. The number of carbonyl (C=O) groups excluding carboxylic acids is 1. The summed E-state index contributed by atoms with van der Waals surface area (Å²) in [6.45, 7) is 6.79. The molecule has 0 aliphatic carbocycles. The minimum atomic E-state index is -0.323. The van der Waals surface area contributed by atoms with E-state index in [1.54, 1.807) is 0 Å². The number of likely N-dealkylation sites (tertiary alicyclic amines) is 1. The molecule has 36 heavy (non-hydrogen) atoms. The molecule has 4 heterocycles. The van der Waals surface area contributed by atoms with E-state index in [-0.39, 0.29) is 12.6 Å². The number of amides is 1. The first-order valence-electron chi connectivity index (χ1n) is 13.0. The van der Waals surface area contributed by atoms with Gasteiger partial charge in [0.1, 0.15) is 12.5 Å². The number of aryl methyl sites for hydroxylation is 1. The van der Waals surface area contributed by atoms with Gasteiger partial charge in [-0.15, -0.1) is 0 Å². The van der Waals surface area contributed by atoms with Crippen molar-refractivity contribution in [1.29, 1.82) is 0 Å². The molecule has 192 valence electrons. The van der Waals surface area contributed by atoms with Gasteiger partial charge in [0.15, 0.2) is 0 Å². The molecule has 0 unspecified atom stereocenters. The van der Waals surface area contributed by atoms with Gasteiger partial charge in [0, 0.05) is 63.5 Å². The van der Waals surface area contributed by atoms with Crippen LogP contribution >= 0.6 is 0 Å². The van der Waals surface area contributed by atoms with Crippen molar-refractivity contribution in [3.8, 4) is 11.1 Å². The predicted molar refractivity (Wildman–Crippen MR) is 141 cm³/mol. The van der Waals surface area contributed by atoms with Crippen LogP contribution in [-0.2, 0) is 18.4 Å². The Morgan fingerprint density at radius 1 is 0.944 bits per heavy atom. The first-order chi connectivity index (χ1) is 17.6. The van der Waals surface area contributed by atoms with Gasteiger partial charge in [-0.1, -0.05) is 18.6 Å². The average molecular weight is 494 g/mol. The Labute approximate surface area is 212 Å². The van der Waals surface area contributed by atoms with E-state index in [1.807, 2.05) is 30.2 Å². The Morgan fingerprint density at radius 3 is 2.50 bits per heavy atom. The van der Waals surface area contributed by atoms with Crippen LogP contribution in [0.15, 0.2) is 36.7 Å². The van der Waals surface area contributed by atoms with Gasteiger partial charge in [-0.2, -0.15) is 5.10 Å². The van der Waals surface area contributed by atoms with Gasteiger partial charge in [0.05, 0.1) is 18.4 Å². The number of carbonyl (C=O) groups is 1. The summed E-state index contributed by atoms with van der Waals surface area (Å²) in [5.74, 6) is 0.480. The summed E-state index contributed by atoms with van der Waals surface area (Å²) < 4.78 is 14.5. The third kappa shape index (κ3) is 5.91. The van der Waals surface area contributed by atoms with Gasteiger partial charge in [-0.25, -0.2) is 9.37 Å². The Morgan fingerprint density at radius 2 is 1.72 bits per heavy atom. The van der Waals surface area contributed by atoms with Crippen LogP contribution in [0.2, 0.25) is 0 Å². The third-order valence-electron chi connectivity index (χ3n) is 7.42. The van der Waals surface area contributed by atoms with Gasteiger partial charge in [0.25, 0.3) is 0 Å². The summed E-state index contributed by atoms with van der Waals surface area (Å²) in [6.07, 6.45) is 7.61. The highest BCUT2D eigenvalue weighted by Gasteiger charge is 2.20. The fourth-order valence-electron chi connectivity index (χ4n) is 5.27. The summed E-state index contributed by atoms with van der Waals surface area (Å²) in [6, 6.07) is 8.31. The molecule has 9 heteroatoms. The lowest BCUT2D eigenvalue weighted by Gasteiger charge is -2.33. The van der Waals surface area contributed by atoms with E-state index in [0.717, 1.165) is 67.7 Å². The second-order valence-electron chi connectivity index (χ2n) is 9.95. The molecule has 1 amide bonds. The number of halogens is 1. The highest BCUT2D eigenvalue weighted by molar-refractivity contribution is 5.95. The van der Waals surface area contributed by atoms with E-state index in [0.29, 0.717) is 18.9 Å². The fourth-order valence-corrected chi connectivity index (χ4v) is 5.27. The molecular formula is C27H36FN7O. The Balaban J connectivity index is 1.27. The van der Waals surface area contributed by atoms with Crippen molar-refractivity contribution in [3.63, 3.8) is 0 Å². The van der Waals surface area contributed by atoms with Gasteiger partial charge < -0.3 is 5.32 Å². The largest absolute Gasteiger partial charge is 0.310 e. The van der Waals surface area contributed by atoms with E-state index in [2.05, 4.69) is 48.3 Å². The van der Waals surface area contributed by atoms with Gasteiger partial charge in [-0.05, 0) is 49.0 Å². The SMILES string of the molecule is Cn1ncc(-c2ccc3cnc(NC(=O)CN4CCN(CCF)CC4)cc3c2)c1CN1CCCCC1. The van der Waals surface area contributed by atoms with Crippen molar-refractivity contribution < 1.29 is 9.18 Å². The number of anilines is 1. The predicted octanol–water partition coefficient (Wildman–Crippen LogP) is 3.15. The lowest BCUT2D eigenvalue weighted by molar-refractivity contribution is -0.117. The molecule has 0 bridgehead atoms. The van der Waals surface area contributed by atoms with Crippen LogP contribution in [0.3, 0.4) is 0 Å². The minimum absolute atomic E-state index is 0.0759. The monoisotopic (exact) mass is 493 g/mol. The lowest BCUT2D eigenvalue weighted by Crippen LogP contribution is -2.49. The van der Waals surface area contributed by atoms with Crippen LogP contribution in [-0.4, -0.2) is 94.4 Å². The Kier molecular flexibility index (Phi) is 7.89. The molecule has 2 aliphatic rings. The summed E-state index contributed by atoms with van der Waals surface area (Å²) in [4.78, 5) is 23.8. The van der Waals surface area contributed by atoms with Crippen LogP contribution in [0, 0.1) is 0 Å². The van der Waals surface area contributed by atoms with Crippen LogP contribution in [0.5, 0.6) is 0 Å². The zero-order valence-corrected chi connectivity index (χ0v) is 21.1. The maximum Gasteiger partial charge on any atom is 0.239 e. The van der Waals surface area contributed by atoms with Crippen LogP contribution < -0.4 is 5.32 Å². The van der Waals surface area contributed by atoms with Crippen molar-refractivity contribution in [2.45, 2.75) is 25.8 Å². The molecule has 2 aliphatic heterocycles. The maximum absolute atomic E-state index is 12.7. The Bertz CT molecular complexity index is 1180. The number of nitrogens with one attached hydrogen (secondary N) is 1. The van der Waals surface area contributed by atoms with Gasteiger partial charge in [-0.3, -0.25) is 24.2 Å². The molecule has 1 aromatic carbocycles. The van der Waals surface area contributed by atoms with Gasteiger partial charge in [0.2, 0.25) is 5.91 Å². The van der Waals surface area contributed by atoms with Crippen molar-refractivity contribution in [2.75, 3.05) is 64.3 Å². The average Bonchev–Trinajstić information content (AvgIpc) is 3.25. The molecule has 2 saturated heterocycles. The molecule has 0 spiro atoms. The molecule has 2 aromatic heterocycles. The standard InChI is InChI=1S/C27H36FN7O/c1-32-25(19-34-8-3-2-4-9-34)24(18-30-32)21-5-6-22-17-29-26(16-23(22)15-21)31-27(36)20-35-13-11-33(10-7-28)12-14-35/h5-6,15-18H,2-4,7-14,19-20H2,1H3,(H,29,31,36). The molecule has 2 fully saturated rings. The van der Waals surface area contributed by atoms with E-state index < -0.39 is 0 Å². The summed E-state index contributed by atoms with van der Waals surface area (Å²) in [5.41, 5.74) is 3.50. The smallest absolute Gasteiger partial charge is 0.239 e. The van der Waals surface area contributed by atoms with Crippen molar-refractivity contribution >= 4 is 22.5 Å². The molecule has 1 N–H and O–H groups in total. The number of alkyl halides is 1. The minimum Gasteiger partial charge on any atom is -0.310 e. The lowest BCUT2D eigenvalue weighted by atomic mass is 10.0. The third-order valence-corrected chi connectivity index (χ3v) is 7.42. The highest BCUT2D eigenvalue weighted by Crippen LogP contribution is 2.29. The molecular weight excluding hydrogens is 457 g/mol. The highest BCUT2D eigenvalue weighted by atomic mass is 19.1. The van der Waals surface area contributed by atoms with E-state index in [4.69, 9.17) is 0 Å². The molecule has 8 nitrogen and oxygen atoms in total. The van der Waals surface area contributed by atoms with E-state index >= 15 is 0 Å². The molecule has 5 rings (SSSR count). The summed E-state index contributed by atoms with van der Waals surface area (Å²) in [7, 11) is 2.02. The second kappa shape index (κ2) is 11.5. The molecule has 0 saturated carbocycles. The number of fused-ring (bicyclic) bond motifs is 1. The quantitative estimate of drug-likeness (QED) is 0.520. The van der Waals surface area contributed by atoms with Crippen LogP contribution in [0.4, 0.5) is 10.2 Å². The summed E-state index contributed by atoms with van der Waals surface area (Å²) >= 11 is 0. The van der Waals surface area contributed by atoms with Crippen LogP contribution in [0.1, 0.15) is 25.0 Å². The zero-order valence-electron chi connectivity index (χ0n) is 21.1. The number of pyridine rings is 1. The number of piperazine rings is 1. The van der Waals surface area contributed by atoms with Crippen molar-refractivity contribution in [3.05, 3.63) is 42.4 Å². The number of nitrogens with zero attached hydrogens (tertiary/aromatic N) is 6. The summed E-state index contributed by atoms with van der Waals surface area (Å²) in [5, 5.41) is 9.58. The number of benzene rings is 1. The topological polar surface area (TPSA) is 69.5 Å². The zero-order chi connectivity index (χ0) is 24.9. The Hall–Kier alpha value is -2.88. The first-order valence-corrected chi connectivity index (χ1v) is 13.0. The maximum atomic E-state index is 12.7. The number of aromatic nitrogens is 3. The van der Waals surface area contributed by atoms with Crippen molar-refractivity contribution in [2.24, 2.45) is 7.05 Å². The number of rotatable bonds is 8. The van der Waals surface area contributed by atoms with Gasteiger partial charge >= 0.3 is 0 Å².